The van der Waals surface area contributed by atoms with Gasteiger partial charge in [-0.05, 0) is 25.4 Å². The van der Waals surface area contributed by atoms with E-state index >= 15 is 0 Å². The van der Waals surface area contributed by atoms with Gasteiger partial charge in [-0.3, -0.25) is 4.90 Å². The Hall–Kier alpha value is -0.290. The van der Waals surface area contributed by atoms with Crippen LogP contribution in [-0.2, 0) is 0 Å². The van der Waals surface area contributed by atoms with E-state index < -0.39 is 12.7 Å². The van der Waals surface area contributed by atoms with Crippen LogP contribution in [0.15, 0.2) is 0 Å². The van der Waals surface area contributed by atoms with E-state index in [2.05, 4.69) is 12.2 Å². The average Bonchev–Trinajstić information content (AvgIpc) is 2.15. The van der Waals surface area contributed by atoms with E-state index in [9.17, 15) is 13.2 Å². The lowest BCUT2D eigenvalue weighted by Gasteiger charge is -2.35. The van der Waals surface area contributed by atoms with Crippen molar-refractivity contribution in [3.05, 3.63) is 0 Å². The SMILES string of the molecule is CCCC(C)(CNC)CN(CC)CC(F)(F)F. The number of rotatable bonds is 8. The highest BCUT2D eigenvalue weighted by molar-refractivity contribution is 4.80. The van der Waals surface area contributed by atoms with E-state index in [1.165, 1.54) is 4.90 Å². The van der Waals surface area contributed by atoms with Crippen LogP contribution >= 0.6 is 0 Å². The third kappa shape index (κ3) is 7.60. The van der Waals surface area contributed by atoms with Crippen LogP contribution in [0.25, 0.3) is 0 Å². The molecular formula is C12H25F3N2. The molecule has 0 bridgehead atoms. The van der Waals surface area contributed by atoms with Crippen LogP contribution in [0.1, 0.15) is 33.6 Å². The minimum absolute atomic E-state index is 0.0925. The van der Waals surface area contributed by atoms with Gasteiger partial charge in [-0.15, -0.1) is 0 Å². The van der Waals surface area contributed by atoms with Crippen molar-refractivity contribution in [3.63, 3.8) is 0 Å². The summed E-state index contributed by atoms with van der Waals surface area (Å²) in [5, 5.41) is 3.08. The van der Waals surface area contributed by atoms with Crippen molar-refractivity contribution in [3.8, 4) is 0 Å². The van der Waals surface area contributed by atoms with Gasteiger partial charge in [0.05, 0.1) is 6.54 Å². The van der Waals surface area contributed by atoms with Crippen LogP contribution in [0.3, 0.4) is 0 Å². The molecule has 0 aliphatic rings. The van der Waals surface area contributed by atoms with Gasteiger partial charge in [0, 0.05) is 13.1 Å². The highest BCUT2D eigenvalue weighted by atomic mass is 19.4. The maximum absolute atomic E-state index is 12.4. The number of alkyl halides is 3. The number of hydrogen-bond acceptors (Lipinski definition) is 2. The molecule has 1 atom stereocenters. The van der Waals surface area contributed by atoms with E-state index in [-0.39, 0.29) is 5.41 Å². The topological polar surface area (TPSA) is 15.3 Å². The van der Waals surface area contributed by atoms with Crippen LogP contribution in [0.4, 0.5) is 13.2 Å². The quantitative estimate of drug-likeness (QED) is 0.716. The first-order valence-electron chi connectivity index (χ1n) is 6.20. The smallest absolute Gasteiger partial charge is 0.319 e. The molecule has 5 heteroatoms. The average molecular weight is 254 g/mol. The maximum atomic E-state index is 12.4. The molecule has 0 aromatic rings. The van der Waals surface area contributed by atoms with Crippen LogP contribution < -0.4 is 5.32 Å². The van der Waals surface area contributed by atoms with E-state index in [1.807, 2.05) is 14.0 Å². The molecule has 0 heterocycles. The Bertz CT molecular complexity index is 198. The third-order valence-electron chi connectivity index (χ3n) is 2.91. The van der Waals surface area contributed by atoms with Crippen LogP contribution in [0.5, 0.6) is 0 Å². The highest BCUT2D eigenvalue weighted by Gasteiger charge is 2.33. The molecule has 1 N–H and O–H groups in total. The lowest BCUT2D eigenvalue weighted by molar-refractivity contribution is -0.148. The predicted molar refractivity (Wildman–Crippen MR) is 65.1 cm³/mol. The van der Waals surface area contributed by atoms with Gasteiger partial charge in [-0.1, -0.05) is 27.2 Å². The molecule has 0 aromatic carbocycles. The molecule has 0 rings (SSSR count). The van der Waals surface area contributed by atoms with Crippen molar-refractivity contribution < 1.29 is 13.2 Å². The molecule has 0 spiro atoms. The molecule has 0 saturated heterocycles. The number of nitrogens with one attached hydrogen (secondary N) is 1. The summed E-state index contributed by atoms with van der Waals surface area (Å²) in [6.07, 6.45) is -2.19. The van der Waals surface area contributed by atoms with Crippen molar-refractivity contribution >= 4 is 0 Å². The van der Waals surface area contributed by atoms with Gasteiger partial charge in [-0.25, -0.2) is 0 Å². The van der Waals surface area contributed by atoms with Gasteiger partial charge in [0.25, 0.3) is 0 Å². The van der Waals surface area contributed by atoms with Crippen LogP contribution in [0.2, 0.25) is 0 Å². The highest BCUT2D eigenvalue weighted by Crippen LogP contribution is 2.26. The Morgan fingerprint density at radius 3 is 2.06 bits per heavy atom. The minimum Gasteiger partial charge on any atom is -0.319 e. The Labute approximate surface area is 103 Å². The lowest BCUT2D eigenvalue weighted by Crippen LogP contribution is -2.44. The Balaban J connectivity index is 4.48. The second-order valence-electron chi connectivity index (χ2n) is 5.01. The molecule has 0 amide bonds. The summed E-state index contributed by atoms with van der Waals surface area (Å²) in [7, 11) is 1.84. The summed E-state index contributed by atoms with van der Waals surface area (Å²) in [6.45, 7) is 6.74. The molecular weight excluding hydrogens is 229 g/mol. The molecule has 104 valence electrons. The number of hydrogen-bond donors (Lipinski definition) is 1. The normalized spacial score (nSPS) is 16.2. The van der Waals surface area contributed by atoms with E-state index in [0.717, 1.165) is 19.4 Å². The summed E-state index contributed by atoms with van der Waals surface area (Å²) >= 11 is 0. The molecule has 0 fully saturated rings. The molecule has 0 aliphatic heterocycles. The van der Waals surface area contributed by atoms with Gasteiger partial charge in [0.2, 0.25) is 0 Å². The standard InChI is InChI=1S/C12H25F3N2/c1-5-7-11(3,8-16-4)9-17(6-2)10-12(13,14)15/h16H,5-10H2,1-4H3. The first-order valence-corrected chi connectivity index (χ1v) is 6.20. The summed E-state index contributed by atoms with van der Waals surface area (Å²) in [5.74, 6) is 0. The van der Waals surface area contributed by atoms with Crippen molar-refractivity contribution in [1.82, 2.24) is 10.2 Å². The van der Waals surface area contributed by atoms with Crippen molar-refractivity contribution in [2.45, 2.75) is 39.8 Å². The zero-order chi connectivity index (χ0) is 13.5. The second kappa shape index (κ2) is 7.21. The maximum Gasteiger partial charge on any atom is 0.401 e. The fourth-order valence-corrected chi connectivity index (χ4v) is 2.33. The van der Waals surface area contributed by atoms with E-state index in [1.54, 1.807) is 6.92 Å². The number of nitrogens with zero attached hydrogens (tertiary/aromatic N) is 1. The summed E-state index contributed by atoms with van der Waals surface area (Å²) in [4.78, 5) is 1.48. The zero-order valence-electron chi connectivity index (χ0n) is 11.3. The Morgan fingerprint density at radius 2 is 1.71 bits per heavy atom. The molecule has 0 aromatic heterocycles. The van der Waals surface area contributed by atoms with Gasteiger partial charge in [0.15, 0.2) is 0 Å². The summed E-state index contributed by atoms with van der Waals surface area (Å²) in [6, 6.07) is 0. The second-order valence-corrected chi connectivity index (χ2v) is 5.01. The van der Waals surface area contributed by atoms with E-state index in [0.29, 0.717) is 13.1 Å². The zero-order valence-corrected chi connectivity index (χ0v) is 11.3. The first kappa shape index (κ1) is 16.7. The first-order chi connectivity index (χ1) is 7.76. The van der Waals surface area contributed by atoms with E-state index in [4.69, 9.17) is 0 Å². The molecule has 17 heavy (non-hydrogen) atoms. The van der Waals surface area contributed by atoms with Crippen molar-refractivity contribution in [2.24, 2.45) is 5.41 Å². The third-order valence-corrected chi connectivity index (χ3v) is 2.91. The van der Waals surface area contributed by atoms with Gasteiger partial charge in [-0.2, -0.15) is 13.2 Å². The monoisotopic (exact) mass is 254 g/mol. The van der Waals surface area contributed by atoms with Gasteiger partial charge < -0.3 is 5.32 Å². The molecule has 0 radical (unpaired) electrons. The largest absolute Gasteiger partial charge is 0.401 e. The van der Waals surface area contributed by atoms with Crippen molar-refractivity contribution in [1.29, 1.82) is 0 Å². The fourth-order valence-electron chi connectivity index (χ4n) is 2.33. The fraction of sp³-hybridized carbons (Fsp3) is 1.00. The molecule has 0 aliphatic carbocycles. The molecule has 0 saturated carbocycles. The van der Waals surface area contributed by atoms with Crippen LogP contribution in [0, 0.1) is 5.41 Å². The lowest BCUT2D eigenvalue weighted by atomic mass is 9.85. The minimum atomic E-state index is -4.11. The van der Waals surface area contributed by atoms with Crippen molar-refractivity contribution in [2.75, 3.05) is 33.2 Å². The summed E-state index contributed by atoms with van der Waals surface area (Å²) < 4.78 is 37.1. The molecule has 1 unspecified atom stereocenters. The van der Waals surface area contributed by atoms with Gasteiger partial charge >= 0.3 is 6.18 Å². The van der Waals surface area contributed by atoms with Crippen LogP contribution in [-0.4, -0.2) is 44.3 Å². The summed E-state index contributed by atoms with van der Waals surface area (Å²) in [5.41, 5.74) is -0.0925. The Kier molecular flexibility index (Phi) is 7.09. The molecule has 2 nitrogen and oxygen atoms in total. The predicted octanol–water partition coefficient (Wildman–Crippen LogP) is 2.90. The Morgan fingerprint density at radius 1 is 1.12 bits per heavy atom. The van der Waals surface area contributed by atoms with Gasteiger partial charge in [0.1, 0.15) is 0 Å². The number of halogens is 3.